The van der Waals surface area contributed by atoms with Crippen LogP contribution in [0.2, 0.25) is 0 Å². The van der Waals surface area contributed by atoms with Crippen LogP contribution in [0.1, 0.15) is 6.92 Å². The van der Waals surface area contributed by atoms with E-state index in [9.17, 15) is 4.79 Å². The van der Waals surface area contributed by atoms with Crippen molar-refractivity contribution in [2.24, 2.45) is 5.16 Å². The van der Waals surface area contributed by atoms with Crippen LogP contribution >= 0.6 is 0 Å². The number of para-hydroxylation sites is 1. The van der Waals surface area contributed by atoms with E-state index < -0.39 is 5.91 Å². The van der Waals surface area contributed by atoms with Crippen molar-refractivity contribution in [3.05, 3.63) is 54.6 Å². The van der Waals surface area contributed by atoms with Crippen molar-refractivity contribution in [3.8, 4) is 11.1 Å². The van der Waals surface area contributed by atoms with Crippen LogP contribution in [0.15, 0.2) is 59.8 Å². The molecule has 0 spiro atoms. The molecule has 1 amide bonds. The van der Waals surface area contributed by atoms with Crippen molar-refractivity contribution >= 4 is 17.3 Å². The standard InChI is InChI=1S/C15H14N2O2/c1-11(17-19)15(18)16-14-10-6-5-9-13(14)12-7-3-2-4-8-12/h2-10,19H,1H3,(H,16,18)/b17-11-. The number of carbonyl (C=O) groups excluding carboxylic acids is 1. The molecule has 0 heterocycles. The molecule has 4 nitrogen and oxygen atoms in total. The van der Waals surface area contributed by atoms with E-state index in [1.807, 2.05) is 54.6 Å². The molecule has 4 heteroatoms. The second-order valence-electron chi connectivity index (χ2n) is 4.05. The number of anilines is 1. The Kier molecular flexibility index (Phi) is 3.93. The van der Waals surface area contributed by atoms with Gasteiger partial charge < -0.3 is 10.5 Å². The van der Waals surface area contributed by atoms with Gasteiger partial charge in [-0.3, -0.25) is 4.79 Å². The zero-order valence-corrected chi connectivity index (χ0v) is 10.5. The van der Waals surface area contributed by atoms with E-state index in [1.54, 1.807) is 0 Å². The van der Waals surface area contributed by atoms with Gasteiger partial charge in [0.05, 0.1) is 0 Å². The minimum atomic E-state index is -0.425. The zero-order chi connectivity index (χ0) is 13.7. The van der Waals surface area contributed by atoms with E-state index in [0.717, 1.165) is 11.1 Å². The molecule has 0 fully saturated rings. The quantitative estimate of drug-likeness (QED) is 0.502. The lowest BCUT2D eigenvalue weighted by Crippen LogP contribution is -2.20. The van der Waals surface area contributed by atoms with Crippen LogP contribution < -0.4 is 5.32 Å². The third kappa shape index (κ3) is 2.98. The highest BCUT2D eigenvalue weighted by Gasteiger charge is 2.10. The predicted octanol–water partition coefficient (Wildman–Crippen LogP) is 3.14. The van der Waals surface area contributed by atoms with Gasteiger partial charge in [-0.2, -0.15) is 0 Å². The highest BCUT2D eigenvalue weighted by atomic mass is 16.4. The smallest absolute Gasteiger partial charge is 0.273 e. The van der Waals surface area contributed by atoms with Crippen molar-refractivity contribution in [2.45, 2.75) is 6.92 Å². The zero-order valence-electron chi connectivity index (χ0n) is 10.5. The molecule has 2 N–H and O–H groups in total. The maximum absolute atomic E-state index is 11.7. The Bertz CT molecular complexity index is 607. The van der Waals surface area contributed by atoms with Gasteiger partial charge in [0.2, 0.25) is 0 Å². The van der Waals surface area contributed by atoms with Crippen LogP contribution in [0.4, 0.5) is 5.69 Å². The van der Waals surface area contributed by atoms with Gasteiger partial charge in [-0.15, -0.1) is 0 Å². The van der Waals surface area contributed by atoms with Gasteiger partial charge in [0.1, 0.15) is 5.71 Å². The lowest BCUT2D eigenvalue weighted by atomic mass is 10.0. The van der Waals surface area contributed by atoms with Crippen LogP contribution in [0.3, 0.4) is 0 Å². The summed E-state index contributed by atoms with van der Waals surface area (Å²) in [6.45, 7) is 1.44. The molecule has 19 heavy (non-hydrogen) atoms. The second-order valence-corrected chi connectivity index (χ2v) is 4.05. The molecule has 0 aliphatic carbocycles. The fourth-order valence-electron chi connectivity index (χ4n) is 1.72. The number of amides is 1. The number of hydrogen-bond donors (Lipinski definition) is 2. The first-order chi connectivity index (χ1) is 9.22. The van der Waals surface area contributed by atoms with Gasteiger partial charge in [0.25, 0.3) is 5.91 Å². The van der Waals surface area contributed by atoms with E-state index in [-0.39, 0.29) is 5.71 Å². The first-order valence-corrected chi connectivity index (χ1v) is 5.87. The molecule has 0 saturated heterocycles. The maximum atomic E-state index is 11.7. The minimum absolute atomic E-state index is 0.0165. The molecular formula is C15H14N2O2. The molecule has 0 unspecified atom stereocenters. The van der Waals surface area contributed by atoms with Crippen molar-refractivity contribution in [2.75, 3.05) is 5.32 Å². The summed E-state index contributed by atoms with van der Waals surface area (Å²) in [5, 5.41) is 14.2. The number of rotatable bonds is 3. The van der Waals surface area contributed by atoms with Crippen LogP contribution in [-0.2, 0) is 4.79 Å². The van der Waals surface area contributed by atoms with E-state index in [0.29, 0.717) is 5.69 Å². The summed E-state index contributed by atoms with van der Waals surface area (Å²) < 4.78 is 0. The van der Waals surface area contributed by atoms with Crippen molar-refractivity contribution in [1.29, 1.82) is 0 Å². The van der Waals surface area contributed by atoms with Gasteiger partial charge in [0, 0.05) is 11.3 Å². The topological polar surface area (TPSA) is 61.7 Å². The first kappa shape index (κ1) is 12.8. The summed E-state index contributed by atoms with van der Waals surface area (Å²) in [7, 11) is 0. The second kappa shape index (κ2) is 5.82. The van der Waals surface area contributed by atoms with Crippen LogP contribution in [-0.4, -0.2) is 16.8 Å². The Labute approximate surface area is 111 Å². The number of hydrogen-bond acceptors (Lipinski definition) is 3. The normalized spacial score (nSPS) is 11.1. The van der Waals surface area contributed by atoms with E-state index in [1.165, 1.54) is 6.92 Å². The van der Waals surface area contributed by atoms with E-state index in [4.69, 9.17) is 5.21 Å². The third-order valence-corrected chi connectivity index (χ3v) is 2.74. The van der Waals surface area contributed by atoms with Crippen molar-refractivity contribution in [3.63, 3.8) is 0 Å². The summed E-state index contributed by atoms with van der Waals surface area (Å²) in [5.74, 6) is -0.425. The molecule has 0 aliphatic heterocycles. The lowest BCUT2D eigenvalue weighted by Gasteiger charge is -2.10. The van der Waals surface area contributed by atoms with Crippen molar-refractivity contribution in [1.82, 2.24) is 0 Å². The summed E-state index contributed by atoms with van der Waals surface area (Å²) in [4.78, 5) is 11.7. The predicted molar refractivity (Wildman–Crippen MR) is 75.4 cm³/mol. The van der Waals surface area contributed by atoms with Gasteiger partial charge >= 0.3 is 0 Å². The Morgan fingerprint density at radius 3 is 2.37 bits per heavy atom. The van der Waals surface area contributed by atoms with Gasteiger partial charge in [-0.25, -0.2) is 0 Å². The highest BCUT2D eigenvalue weighted by Crippen LogP contribution is 2.27. The largest absolute Gasteiger partial charge is 0.410 e. The monoisotopic (exact) mass is 254 g/mol. The minimum Gasteiger partial charge on any atom is -0.410 e. The highest BCUT2D eigenvalue weighted by molar-refractivity contribution is 6.42. The number of oxime groups is 1. The molecule has 0 atom stereocenters. The number of nitrogens with one attached hydrogen (secondary N) is 1. The number of nitrogens with zero attached hydrogens (tertiary/aromatic N) is 1. The lowest BCUT2D eigenvalue weighted by molar-refractivity contribution is -0.110. The Balaban J connectivity index is 2.35. The molecule has 0 aliphatic rings. The van der Waals surface area contributed by atoms with Gasteiger partial charge in [-0.1, -0.05) is 53.7 Å². The number of carbonyl (C=O) groups is 1. The summed E-state index contributed by atoms with van der Waals surface area (Å²) in [6.07, 6.45) is 0. The Hall–Kier alpha value is -2.62. The average Bonchev–Trinajstić information content (AvgIpc) is 2.47. The summed E-state index contributed by atoms with van der Waals surface area (Å²) in [6, 6.07) is 17.2. The van der Waals surface area contributed by atoms with E-state index >= 15 is 0 Å². The molecule has 0 bridgehead atoms. The third-order valence-electron chi connectivity index (χ3n) is 2.74. The molecule has 0 saturated carbocycles. The molecule has 96 valence electrons. The maximum Gasteiger partial charge on any atom is 0.273 e. The van der Waals surface area contributed by atoms with Crippen LogP contribution in [0.5, 0.6) is 0 Å². The SMILES string of the molecule is C/C(=N/O)C(=O)Nc1ccccc1-c1ccccc1. The molecule has 2 aromatic carbocycles. The Morgan fingerprint density at radius 2 is 1.68 bits per heavy atom. The van der Waals surface area contributed by atoms with Gasteiger partial charge in [0.15, 0.2) is 0 Å². The van der Waals surface area contributed by atoms with E-state index in [2.05, 4.69) is 10.5 Å². The number of benzene rings is 2. The fraction of sp³-hybridized carbons (Fsp3) is 0.0667. The van der Waals surface area contributed by atoms with Crippen LogP contribution in [0, 0.1) is 0 Å². The molecule has 2 rings (SSSR count). The molecule has 0 aromatic heterocycles. The first-order valence-electron chi connectivity index (χ1n) is 5.87. The molecule has 2 aromatic rings. The molecule has 0 radical (unpaired) electrons. The van der Waals surface area contributed by atoms with Crippen molar-refractivity contribution < 1.29 is 10.0 Å². The average molecular weight is 254 g/mol. The fourth-order valence-corrected chi connectivity index (χ4v) is 1.72. The summed E-state index contributed by atoms with van der Waals surface area (Å²) >= 11 is 0. The summed E-state index contributed by atoms with van der Waals surface area (Å²) in [5.41, 5.74) is 2.63. The molecular weight excluding hydrogens is 240 g/mol. The Morgan fingerprint density at radius 1 is 1.05 bits per heavy atom. The van der Waals surface area contributed by atoms with Gasteiger partial charge in [-0.05, 0) is 18.6 Å². The van der Waals surface area contributed by atoms with Crippen LogP contribution in [0.25, 0.3) is 11.1 Å².